The summed E-state index contributed by atoms with van der Waals surface area (Å²) in [5, 5.41) is 16.8. The normalized spacial score (nSPS) is 24.5. The van der Waals surface area contributed by atoms with Gasteiger partial charge in [-0.3, -0.25) is 4.68 Å². The molecular weight excluding hydrogens is 214 g/mol. The zero-order valence-electron chi connectivity index (χ0n) is 10.3. The van der Waals surface area contributed by atoms with Crippen LogP contribution in [0.4, 0.5) is 0 Å². The molecule has 0 spiro atoms. The monoisotopic (exact) mass is 233 g/mol. The molecule has 1 aromatic rings. The Labute approximate surface area is 102 Å². The van der Waals surface area contributed by atoms with Crippen molar-refractivity contribution in [1.29, 1.82) is 5.26 Å². The van der Waals surface area contributed by atoms with Crippen LogP contribution in [0, 0.1) is 17.2 Å². The predicted molar refractivity (Wildman–Crippen MR) is 64.1 cm³/mol. The molecule has 5 heteroatoms. The van der Waals surface area contributed by atoms with Gasteiger partial charge in [0.15, 0.2) is 5.82 Å². The highest BCUT2D eigenvalue weighted by molar-refractivity contribution is 4.95. The van der Waals surface area contributed by atoms with Crippen molar-refractivity contribution in [2.75, 3.05) is 6.54 Å². The van der Waals surface area contributed by atoms with E-state index in [1.807, 2.05) is 7.05 Å². The summed E-state index contributed by atoms with van der Waals surface area (Å²) in [5.41, 5.74) is 0. The van der Waals surface area contributed by atoms with Crippen LogP contribution >= 0.6 is 0 Å². The van der Waals surface area contributed by atoms with E-state index in [9.17, 15) is 0 Å². The van der Waals surface area contributed by atoms with E-state index in [-0.39, 0.29) is 5.92 Å². The lowest BCUT2D eigenvalue weighted by molar-refractivity contribution is 0.314. The molecule has 5 nitrogen and oxygen atoms in total. The van der Waals surface area contributed by atoms with E-state index >= 15 is 0 Å². The summed E-state index contributed by atoms with van der Waals surface area (Å²) in [6.45, 7) is 0.854. The maximum atomic E-state index is 9.06. The molecule has 2 unspecified atom stereocenters. The Bertz CT molecular complexity index is 392. The molecule has 1 N–H and O–H groups in total. The van der Waals surface area contributed by atoms with Crippen LogP contribution in [-0.2, 0) is 13.5 Å². The van der Waals surface area contributed by atoms with Crippen molar-refractivity contribution in [2.24, 2.45) is 13.0 Å². The summed E-state index contributed by atoms with van der Waals surface area (Å²) < 4.78 is 1.72. The lowest BCUT2D eigenvalue weighted by Gasteiger charge is -2.27. The highest BCUT2D eigenvalue weighted by atomic mass is 15.3. The van der Waals surface area contributed by atoms with E-state index in [1.54, 1.807) is 11.0 Å². The van der Waals surface area contributed by atoms with Gasteiger partial charge in [0.2, 0.25) is 0 Å². The minimum Gasteiger partial charge on any atom is -0.312 e. The molecule has 92 valence electrons. The molecule has 0 radical (unpaired) electrons. The Balaban J connectivity index is 1.76. The van der Waals surface area contributed by atoms with Crippen LogP contribution in [0.25, 0.3) is 0 Å². The predicted octanol–water partition coefficient (Wildman–Crippen LogP) is 1.03. The lowest BCUT2D eigenvalue weighted by Crippen LogP contribution is -2.39. The van der Waals surface area contributed by atoms with Crippen LogP contribution in [0.1, 0.15) is 31.5 Å². The van der Waals surface area contributed by atoms with Gasteiger partial charge in [0.1, 0.15) is 6.33 Å². The van der Waals surface area contributed by atoms with E-state index in [1.165, 1.54) is 12.8 Å². The van der Waals surface area contributed by atoms with E-state index < -0.39 is 0 Å². The molecule has 1 heterocycles. The topological polar surface area (TPSA) is 66.5 Å². The third-order valence-corrected chi connectivity index (χ3v) is 3.33. The second-order valence-corrected chi connectivity index (χ2v) is 4.67. The highest BCUT2D eigenvalue weighted by Crippen LogP contribution is 2.23. The zero-order chi connectivity index (χ0) is 12.1. The summed E-state index contributed by atoms with van der Waals surface area (Å²) in [4.78, 5) is 4.18. The first kappa shape index (κ1) is 12.1. The molecule has 1 aliphatic carbocycles. The number of aryl methyl sites for hydroxylation is 1. The van der Waals surface area contributed by atoms with Gasteiger partial charge in [-0.05, 0) is 12.8 Å². The Morgan fingerprint density at radius 1 is 1.53 bits per heavy atom. The zero-order valence-corrected chi connectivity index (χ0v) is 10.3. The third kappa shape index (κ3) is 3.27. The number of rotatable bonds is 4. The summed E-state index contributed by atoms with van der Waals surface area (Å²) in [6, 6.07) is 2.77. The molecule has 0 amide bonds. The Morgan fingerprint density at radius 3 is 3.06 bits per heavy atom. The SMILES string of the molecule is Cn1cnc(CCNC2CCCCC2C#N)n1. The standard InChI is InChI=1S/C12H19N5/c1-17-9-15-12(16-17)6-7-14-11-5-3-2-4-10(11)8-13/h9-11,14H,2-7H2,1H3. The molecule has 17 heavy (non-hydrogen) atoms. The van der Waals surface area contributed by atoms with Gasteiger partial charge in [0.05, 0.1) is 12.0 Å². The second-order valence-electron chi connectivity index (χ2n) is 4.67. The van der Waals surface area contributed by atoms with Crippen molar-refractivity contribution in [3.63, 3.8) is 0 Å². The second kappa shape index (κ2) is 5.78. The summed E-state index contributed by atoms with van der Waals surface area (Å²) in [7, 11) is 1.87. The Kier molecular flexibility index (Phi) is 4.10. The summed E-state index contributed by atoms with van der Waals surface area (Å²) in [6.07, 6.45) is 7.13. The van der Waals surface area contributed by atoms with Crippen molar-refractivity contribution in [1.82, 2.24) is 20.1 Å². The van der Waals surface area contributed by atoms with Crippen LogP contribution in [0.2, 0.25) is 0 Å². The molecular formula is C12H19N5. The van der Waals surface area contributed by atoms with Crippen molar-refractivity contribution >= 4 is 0 Å². The molecule has 1 aromatic heterocycles. The molecule has 1 saturated carbocycles. The quantitative estimate of drug-likeness (QED) is 0.843. The molecule has 2 atom stereocenters. The molecule has 0 aromatic carbocycles. The number of aromatic nitrogens is 3. The minimum absolute atomic E-state index is 0.181. The molecule has 0 aliphatic heterocycles. The fourth-order valence-electron chi connectivity index (χ4n) is 2.40. The fourth-order valence-corrected chi connectivity index (χ4v) is 2.40. The van der Waals surface area contributed by atoms with Gasteiger partial charge >= 0.3 is 0 Å². The molecule has 1 aliphatic rings. The Morgan fingerprint density at radius 2 is 2.35 bits per heavy atom. The number of nitrogens with zero attached hydrogens (tertiary/aromatic N) is 4. The molecule has 0 saturated heterocycles. The van der Waals surface area contributed by atoms with E-state index in [0.29, 0.717) is 6.04 Å². The van der Waals surface area contributed by atoms with Crippen molar-refractivity contribution < 1.29 is 0 Å². The summed E-state index contributed by atoms with van der Waals surface area (Å²) >= 11 is 0. The number of hydrogen-bond acceptors (Lipinski definition) is 4. The first-order valence-electron chi connectivity index (χ1n) is 6.27. The van der Waals surface area contributed by atoms with Gasteiger partial charge in [-0.2, -0.15) is 10.4 Å². The van der Waals surface area contributed by atoms with E-state index in [4.69, 9.17) is 5.26 Å². The van der Waals surface area contributed by atoms with Crippen LogP contribution in [0.15, 0.2) is 6.33 Å². The van der Waals surface area contributed by atoms with Gasteiger partial charge in [0, 0.05) is 26.1 Å². The average molecular weight is 233 g/mol. The maximum Gasteiger partial charge on any atom is 0.151 e. The van der Waals surface area contributed by atoms with Gasteiger partial charge in [-0.1, -0.05) is 12.8 Å². The van der Waals surface area contributed by atoms with Gasteiger partial charge in [-0.15, -0.1) is 0 Å². The third-order valence-electron chi connectivity index (χ3n) is 3.33. The Hall–Kier alpha value is -1.41. The maximum absolute atomic E-state index is 9.06. The largest absolute Gasteiger partial charge is 0.312 e. The van der Waals surface area contributed by atoms with Crippen molar-refractivity contribution in [3.05, 3.63) is 12.2 Å². The summed E-state index contributed by atoms with van der Waals surface area (Å²) in [5.74, 6) is 1.05. The first-order chi connectivity index (χ1) is 8.29. The average Bonchev–Trinajstić information content (AvgIpc) is 2.76. The molecule has 2 rings (SSSR count). The number of hydrogen-bond donors (Lipinski definition) is 1. The molecule has 1 fully saturated rings. The van der Waals surface area contributed by atoms with Crippen molar-refractivity contribution in [3.8, 4) is 6.07 Å². The lowest BCUT2D eigenvalue weighted by atomic mass is 9.85. The van der Waals surface area contributed by atoms with Gasteiger partial charge in [-0.25, -0.2) is 4.98 Å². The number of nitrogens with one attached hydrogen (secondary N) is 1. The van der Waals surface area contributed by atoms with Crippen LogP contribution in [0.5, 0.6) is 0 Å². The van der Waals surface area contributed by atoms with Gasteiger partial charge in [0.25, 0.3) is 0 Å². The van der Waals surface area contributed by atoms with Crippen LogP contribution in [0.3, 0.4) is 0 Å². The fraction of sp³-hybridized carbons (Fsp3) is 0.750. The smallest absolute Gasteiger partial charge is 0.151 e. The van der Waals surface area contributed by atoms with Crippen LogP contribution in [-0.4, -0.2) is 27.4 Å². The number of nitriles is 1. The van der Waals surface area contributed by atoms with Crippen LogP contribution < -0.4 is 5.32 Å². The first-order valence-corrected chi connectivity index (χ1v) is 6.27. The van der Waals surface area contributed by atoms with E-state index in [2.05, 4.69) is 21.5 Å². The van der Waals surface area contributed by atoms with Crippen molar-refractivity contribution in [2.45, 2.75) is 38.1 Å². The highest BCUT2D eigenvalue weighted by Gasteiger charge is 2.23. The van der Waals surface area contributed by atoms with Gasteiger partial charge < -0.3 is 5.32 Å². The minimum atomic E-state index is 0.181. The van der Waals surface area contributed by atoms with E-state index in [0.717, 1.165) is 31.6 Å². The molecule has 0 bridgehead atoms.